The summed E-state index contributed by atoms with van der Waals surface area (Å²) in [4.78, 5) is 106. The van der Waals surface area contributed by atoms with E-state index in [9.17, 15) is 38.7 Å². The van der Waals surface area contributed by atoms with E-state index >= 15 is 0 Å². The third-order valence-corrected chi connectivity index (χ3v) is 16.0. The summed E-state index contributed by atoms with van der Waals surface area (Å²) >= 11 is 0. The summed E-state index contributed by atoms with van der Waals surface area (Å²) < 4.78 is 40.5. The zero-order chi connectivity index (χ0) is 60.0. The number of carbonyl (C=O) groups is 7. The first kappa shape index (κ1) is 59.9. The van der Waals surface area contributed by atoms with Gasteiger partial charge >= 0.3 is 18.2 Å². The van der Waals surface area contributed by atoms with Crippen molar-refractivity contribution in [1.29, 1.82) is 0 Å². The summed E-state index contributed by atoms with van der Waals surface area (Å²) in [7, 11) is 2.88. The van der Waals surface area contributed by atoms with E-state index in [1.807, 2.05) is 51.2 Å². The lowest BCUT2D eigenvalue weighted by molar-refractivity contribution is -0.146. The molecule has 5 heterocycles. The van der Waals surface area contributed by atoms with Crippen LogP contribution in [-0.2, 0) is 41.6 Å². The van der Waals surface area contributed by atoms with Gasteiger partial charge in [-0.05, 0) is 85.8 Å². The molecule has 21 nitrogen and oxygen atoms in total. The van der Waals surface area contributed by atoms with E-state index in [0.29, 0.717) is 30.6 Å². The summed E-state index contributed by atoms with van der Waals surface area (Å²) in [5.74, 6) is -2.00. The predicted octanol–water partition coefficient (Wildman–Crippen LogP) is 8.13. The molecule has 1 aromatic heterocycles. The van der Waals surface area contributed by atoms with E-state index < -0.39 is 48.3 Å². The van der Waals surface area contributed by atoms with Gasteiger partial charge in [0.1, 0.15) is 19.8 Å². The molecule has 0 bridgehead atoms. The van der Waals surface area contributed by atoms with Crippen molar-refractivity contribution >= 4 is 58.6 Å². The van der Waals surface area contributed by atoms with Gasteiger partial charge in [-0.3, -0.25) is 33.9 Å². The lowest BCUT2D eigenvalue weighted by Gasteiger charge is -2.31. The number of amides is 5. The lowest BCUT2D eigenvalue weighted by Crippen LogP contribution is -2.50. The van der Waals surface area contributed by atoms with Crippen LogP contribution in [0.5, 0.6) is 23.0 Å². The number of carbonyl (C=O) groups excluding carboxylic acids is 7. The quantitative estimate of drug-likeness (QED) is 0.0308. The Kier molecular flexibility index (Phi) is 18.4. The Morgan fingerprint density at radius 3 is 2.10 bits per heavy atom. The molecular formula is C63H72N6O15. The molecule has 4 aromatic rings. The highest BCUT2D eigenvalue weighted by Gasteiger charge is 2.58. The monoisotopic (exact) mass is 1150 g/mol. The molecule has 444 valence electrons. The Labute approximate surface area is 488 Å². The number of methoxy groups -OCH3 is 2. The van der Waals surface area contributed by atoms with Crippen LogP contribution in [0.25, 0.3) is 5.57 Å². The number of ether oxygens (including phenoxy) is 7. The molecular weight excluding hydrogens is 1080 g/mol. The van der Waals surface area contributed by atoms with Crippen molar-refractivity contribution in [1.82, 2.24) is 20.1 Å². The molecule has 5 atom stereocenters. The van der Waals surface area contributed by atoms with Crippen LogP contribution in [0.1, 0.15) is 102 Å². The van der Waals surface area contributed by atoms with Gasteiger partial charge in [-0.25, -0.2) is 14.5 Å². The number of nitrogens with zero attached hydrogens (tertiary/aromatic N) is 5. The highest BCUT2D eigenvalue weighted by Crippen LogP contribution is 2.57. The van der Waals surface area contributed by atoms with Crippen molar-refractivity contribution in [2.45, 2.75) is 104 Å². The van der Waals surface area contributed by atoms with Gasteiger partial charge in [-0.2, -0.15) is 0 Å². The van der Waals surface area contributed by atoms with Crippen molar-refractivity contribution in [2.24, 2.45) is 17.3 Å². The first-order chi connectivity index (χ1) is 40.4. The number of aliphatic hydroxyl groups is 1. The summed E-state index contributed by atoms with van der Waals surface area (Å²) in [5.41, 5.74) is 4.43. The number of nitrogens with one attached hydrogen (secondary N) is 1. The first-order valence-electron chi connectivity index (χ1n) is 28.2. The highest BCUT2D eigenvalue weighted by molar-refractivity contribution is 6.08. The predicted molar refractivity (Wildman–Crippen MR) is 309 cm³/mol. The maximum absolute atomic E-state index is 14.5. The molecule has 1 saturated heterocycles. The maximum atomic E-state index is 14.5. The highest BCUT2D eigenvalue weighted by atomic mass is 16.6. The van der Waals surface area contributed by atoms with Crippen LogP contribution in [0, 0.1) is 24.2 Å². The number of benzene rings is 3. The summed E-state index contributed by atoms with van der Waals surface area (Å²) in [6.45, 7) is 14.7. The van der Waals surface area contributed by atoms with Crippen LogP contribution >= 0.6 is 0 Å². The number of hydrogen-bond donors (Lipinski definition) is 2. The normalized spacial score (nSPS) is 18.9. The van der Waals surface area contributed by atoms with Gasteiger partial charge in [-0.15, -0.1) is 0 Å². The topological polar surface area (TPSA) is 242 Å². The standard InChI is InChI=1S/C63H72N6O15/c1-9-20-82-56(71)28-45(37(3)4)57(72)65-39(6)51(70)24-40-14-17-43(64-32-40)35-84-62(77)69-49-30-55(53(79-8)27-47(49)59(74)68-36-63(18-19-63)31-50(68)60(69)75)81-23-11-22-80-54-29-48-46(26-52(54)78-7)58(73)66-33-42(41-15-12-38(5)13-16-41)25-44(66)34-67(48)61(76)83-21-10-2/h9-10,12-17,26-27,29-30,32-33,37,39,44-45,50,60,75H,1-2,11,18-25,28,31,34-36H2,3-8H3,(H,65,72)/t39-,44-,45-,50-,60?/m0/s1. The van der Waals surface area contributed by atoms with Crippen molar-refractivity contribution in [3.05, 3.63) is 132 Å². The average Bonchev–Trinajstić information content (AvgIpc) is 1.74. The molecule has 5 aliphatic rings. The number of anilines is 2. The van der Waals surface area contributed by atoms with Crippen molar-refractivity contribution in [2.75, 3.05) is 63.5 Å². The van der Waals surface area contributed by atoms with E-state index in [1.165, 1.54) is 49.6 Å². The molecule has 2 N–H and O–H groups in total. The second-order valence-corrected chi connectivity index (χ2v) is 22.3. The van der Waals surface area contributed by atoms with Crippen molar-refractivity contribution in [3.63, 3.8) is 0 Å². The number of rotatable bonds is 23. The largest absolute Gasteiger partial charge is 0.493 e. The van der Waals surface area contributed by atoms with E-state index in [-0.39, 0.29) is 139 Å². The Balaban J connectivity index is 0.870. The zero-order valence-corrected chi connectivity index (χ0v) is 48.3. The third-order valence-electron chi connectivity index (χ3n) is 16.0. The second kappa shape index (κ2) is 25.8. The van der Waals surface area contributed by atoms with Gasteiger partial charge < -0.3 is 53.4 Å². The van der Waals surface area contributed by atoms with Crippen molar-refractivity contribution < 1.29 is 71.8 Å². The summed E-state index contributed by atoms with van der Waals surface area (Å²) in [6, 6.07) is 15.4. The molecule has 4 aliphatic heterocycles. The minimum atomic E-state index is -1.50. The van der Waals surface area contributed by atoms with E-state index in [2.05, 4.69) is 23.5 Å². The molecule has 1 saturated carbocycles. The number of ketones is 1. The molecule has 84 heavy (non-hydrogen) atoms. The molecule has 9 rings (SSSR count). The summed E-state index contributed by atoms with van der Waals surface area (Å²) in [6.07, 6.45) is 5.95. The zero-order valence-electron chi connectivity index (χ0n) is 48.3. The third kappa shape index (κ3) is 13.0. The van der Waals surface area contributed by atoms with Crippen LogP contribution in [-0.4, -0.2) is 140 Å². The number of pyridine rings is 1. The number of esters is 1. The van der Waals surface area contributed by atoms with Crippen LogP contribution in [0.3, 0.4) is 0 Å². The van der Waals surface area contributed by atoms with Gasteiger partial charge in [0.2, 0.25) is 5.91 Å². The molecule has 21 heteroatoms. The van der Waals surface area contributed by atoms with Crippen LogP contribution in [0.2, 0.25) is 0 Å². The molecule has 5 amide bonds. The minimum Gasteiger partial charge on any atom is -0.493 e. The Hall–Kier alpha value is -8.72. The smallest absolute Gasteiger partial charge is 0.416 e. The van der Waals surface area contributed by atoms with Gasteiger partial charge in [0.25, 0.3) is 11.8 Å². The van der Waals surface area contributed by atoms with Gasteiger partial charge in [0.15, 0.2) is 35.0 Å². The van der Waals surface area contributed by atoms with Crippen molar-refractivity contribution in [3.8, 4) is 23.0 Å². The molecule has 1 unspecified atom stereocenters. The Morgan fingerprint density at radius 2 is 1.48 bits per heavy atom. The number of aromatic nitrogens is 1. The molecule has 3 aromatic carbocycles. The lowest BCUT2D eigenvalue weighted by atomic mass is 9.91. The van der Waals surface area contributed by atoms with Crippen LogP contribution in [0.15, 0.2) is 98.4 Å². The number of aryl methyl sites for hydroxylation is 1. The Bertz CT molecular complexity index is 3230. The van der Waals surface area contributed by atoms with E-state index in [0.717, 1.165) is 34.4 Å². The molecule has 1 aliphatic carbocycles. The first-order valence-corrected chi connectivity index (χ1v) is 28.2. The molecule has 2 fully saturated rings. The fourth-order valence-electron chi connectivity index (χ4n) is 11.1. The molecule has 0 radical (unpaired) electrons. The van der Waals surface area contributed by atoms with Gasteiger partial charge in [0, 0.05) is 43.9 Å². The second-order valence-electron chi connectivity index (χ2n) is 22.3. The SMILES string of the molecule is C=CCOC(=O)C[C@H](C(=O)N[C@@H](C)C(=O)Cc1ccc(COC(=O)N2c3cc(OCCCOc4cc5c(cc4OC)C(=O)N4C=C(c6ccc(C)cc6)C[C@H]4CN5C(=O)OCC=C)c(OC)cc3C(=O)N3CC4(CC4)C[C@H]3C2O)nc1)C(C)C. The average molecular weight is 1150 g/mol. The number of fused-ring (bicyclic) bond motifs is 4. The van der Waals surface area contributed by atoms with Gasteiger partial charge in [0.05, 0.1) is 92.6 Å². The van der Waals surface area contributed by atoms with Crippen LogP contribution < -0.4 is 34.1 Å². The fraction of sp³-hybridized carbons (Fsp3) is 0.429. The van der Waals surface area contributed by atoms with E-state index in [1.54, 1.807) is 41.0 Å². The molecule has 1 spiro atoms. The number of aliphatic hydroxyl groups excluding tert-OH is 1. The number of Topliss-reactive ketones (excluding diaryl/α,β-unsaturated/α-hetero) is 1. The van der Waals surface area contributed by atoms with Crippen LogP contribution in [0.4, 0.5) is 21.0 Å². The number of hydrogen-bond acceptors (Lipinski definition) is 16. The summed E-state index contributed by atoms with van der Waals surface area (Å²) in [5, 5.41) is 14.9. The minimum absolute atomic E-state index is 0.0294. The maximum Gasteiger partial charge on any atom is 0.416 e. The Morgan fingerprint density at radius 1 is 0.821 bits per heavy atom. The fourth-order valence-corrected chi connectivity index (χ4v) is 11.1. The van der Waals surface area contributed by atoms with E-state index in [4.69, 9.17) is 33.2 Å². The van der Waals surface area contributed by atoms with Gasteiger partial charge in [-0.1, -0.05) is 75.1 Å².